The molecule has 2 aliphatic heterocycles. The van der Waals surface area contributed by atoms with Crippen LogP contribution in [0.4, 0.5) is 0 Å². The Morgan fingerprint density at radius 3 is 2.33 bits per heavy atom. The Balaban J connectivity index is 1.88. The van der Waals surface area contributed by atoms with Crippen LogP contribution in [0.15, 0.2) is 48.0 Å². The van der Waals surface area contributed by atoms with E-state index in [1.807, 2.05) is 0 Å². The van der Waals surface area contributed by atoms with Crippen LogP contribution >= 0.6 is 23.2 Å². The highest BCUT2D eigenvalue weighted by molar-refractivity contribution is 6.29. The first-order valence-electron chi connectivity index (χ1n) is 11.1. The van der Waals surface area contributed by atoms with Crippen molar-refractivity contribution in [2.24, 2.45) is 5.73 Å². The van der Waals surface area contributed by atoms with Gasteiger partial charge >= 0.3 is 0 Å². The van der Waals surface area contributed by atoms with E-state index in [0.717, 1.165) is 63.0 Å². The van der Waals surface area contributed by atoms with Crippen molar-refractivity contribution in [2.75, 3.05) is 26.2 Å². The fourth-order valence-corrected chi connectivity index (χ4v) is 5.04. The van der Waals surface area contributed by atoms with Crippen LogP contribution in [-0.4, -0.2) is 54.1 Å². The normalized spacial score (nSPS) is 22.1. The minimum absolute atomic E-state index is 0.109. The fourth-order valence-electron chi connectivity index (χ4n) is 4.61. The Kier molecular flexibility index (Phi) is 10.4. The van der Waals surface area contributed by atoms with Crippen LogP contribution in [0.25, 0.3) is 0 Å². The van der Waals surface area contributed by atoms with Gasteiger partial charge in [-0.3, -0.25) is 0 Å². The third-order valence-electron chi connectivity index (χ3n) is 6.21. The van der Waals surface area contributed by atoms with E-state index in [4.69, 9.17) is 28.9 Å². The molecule has 5 nitrogen and oxygen atoms in total. The van der Waals surface area contributed by atoms with Crippen molar-refractivity contribution in [3.63, 3.8) is 0 Å². The Bertz CT molecular complexity index is 621. The van der Waals surface area contributed by atoms with Crippen LogP contribution in [0.5, 0.6) is 0 Å². The van der Waals surface area contributed by atoms with E-state index in [0.29, 0.717) is 29.4 Å². The fraction of sp³-hybridized carbons (Fsp3) is 0.652. The summed E-state index contributed by atoms with van der Waals surface area (Å²) in [6.07, 6.45) is 8.91. The predicted molar refractivity (Wildman–Crippen MR) is 130 cm³/mol. The first-order chi connectivity index (χ1) is 14.3. The third-order valence-corrected chi connectivity index (χ3v) is 6.65. The summed E-state index contributed by atoms with van der Waals surface area (Å²) in [6.45, 7) is 19.6. The molecular weight excluding hydrogens is 417 g/mol. The average Bonchev–Trinajstić information content (AvgIpc) is 3.37. The van der Waals surface area contributed by atoms with Crippen molar-refractivity contribution in [1.82, 2.24) is 20.4 Å². The minimum Gasteiger partial charge on any atom is -0.386 e. The highest BCUT2D eigenvalue weighted by Crippen LogP contribution is 2.29. The van der Waals surface area contributed by atoms with E-state index < -0.39 is 0 Å². The lowest BCUT2D eigenvalue weighted by Gasteiger charge is -2.31. The molecule has 2 aliphatic rings. The van der Waals surface area contributed by atoms with Gasteiger partial charge in [-0.1, -0.05) is 62.4 Å². The van der Waals surface area contributed by atoms with Gasteiger partial charge in [-0.2, -0.15) is 0 Å². The molecule has 0 aromatic rings. The lowest BCUT2D eigenvalue weighted by atomic mass is 10.0. The highest BCUT2D eigenvalue weighted by atomic mass is 35.5. The molecule has 3 unspecified atom stereocenters. The molecule has 2 fully saturated rings. The Morgan fingerprint density at radius 2 is 1.67 bits per heavy atom. The molecule has 7 heteroatoms. The van der Waals surface area contributed by atoms with Crippen molar-refractivity contribution in [3.8, 4) is 0 Å². The smallest absolute Gasteiger partial charge is 0.0976 e. The lowest BCUT2D eigenvalue weighted by molar-refractivity contribution is 0.313. The van der Waals surface area contributed by atoms with Crippen molar-refractivity contribution >= 4 is 23.2 Å². The van der Waals surface area contributed by atoms with Gasteiger partial charge < -0.3 is 26.2 Å². The SMILES string of the molecule is C=C(NCCN)C(CCCCC1CCCN1C(=C)Cl)NC(=C)C1CCCN1C(=C)Cl. The predicted octanol–water partition coefficient (Wildman–Crippen LogP) is 4.43. The topological polar surface area (TPSA) is 56.6 Å². The zero-order chi connectivity index (χ0) is 22.1. The maximum atomic E-state index is 6.19. The summed E-state index contributed by atoms with van der Waals surface area (Å²) in [5, 5.41) is 8.23. The Hall–Kier alpha value is -1.30. The Labute approximate surface area is 193 Å². The molecule has 2 heterocycles. The molecule has 2 rings (SSSR count). The van der Waals surface area contributed by atoms with Gasteiger partial charge in [-0.25, -0.2) is 0 Å². The van der Waals surface area contributed by atoms with Gasteiger partial charge in [0.05, 0.1) is 22.4 Å². The molecule has 3 atom stereocenters. The molecular formula is C23H39Cl2N5. The van der Waals surface area contributed by atoms with Crippen LogP contribution in [0.2, 0.25) is 0 Å². The summed E-state index contributed by atoms with van der Waals surface area (Å²) in [4.78, 5) is 4.37. The second-order valence-electron chi connectivity index (χ2n) is 8.34. The molecule has 0 bridgehead atoms. The molecule has 0 radical (unpaired) electrons. The molecule has 0 aromatic heterocycles. The summed E-state index contributed by atoms with van der Waals surface area (Å²) in [5.41, 5.74) is 7.61. The minimum atomic E-state index is 0.109. The Morgan fingerprint density at radius 1 is 1.00 bits per heavy atom. The zero-order valence-electron chi connectivity index (χ0n) is 18.3. The highest BCUT2D eigenvalue weighted by Gasteiger charge is 2.29. The van der Waals surface area contributed by atoms with Gasteiger partial charge in [0.1, 0.15) is 0 Å². The van der Waals surface area contributed by atoms with Crippen molar-refractivity contribution < 1.29 is 0 Å². The van der Waals surface area contributed by atoms with Crippen LogP contribution in [0.1, 0.15) is 51.4 Å². The standard InChI is InChI=1S/C23H39Cl2N5/c1-17(27-14-13-26)22(28-18(2)23-12-8-16-30(23)20(4)25)11-6-5-9-21-10-7-15-29(21)19(3)24/h21-23,27-28H,1-16,26H2. The van der Waals surface area contributed by atoms with Gasteiger partial charge in [0.2, 0.25) is 0 Å². The number of rotatable bonds is 14. The van der Waals surface area contributed by atoms with Gasteiger partial charge in [0, 0.05) is 43.6 Å². The van der Waals surface area contributed by atoms with Crippen LogP contribution < -0.4 is 16.4 Å². The lowest BCUT2D eigenvalue weighted by Crippen LogP contribution is -2.42. The molecule has 0 saturated carbocycles. The molecule has 170 valence electrons. The zero-order valence-corrected chi connectivity index (χ0v) is 19.8. The molecule has 30 heavy (non-hydrogen) atoms. The van der Waals surface area contributed by atoms with E-state index in [1.165, 1.54) is 12.8 Å². The monoisotopic (exact) mass is 455 g/mol. The first kappa shape index (κ1) is 25.0. The van der Waals surface area contributed by atoms with Gasteiger partial charge in [-0.05, 0) is 38.5 Å². The average molecular weight is 457 g/mol. The largest absolute Gasteiger partial charge is 0.386 e. The first-order valence-corrected chi connectivity index (χ1v) is 11.9. The quantitative estimate of drug-likeness (QED) is 0.267. The summed E-state index contributed by atoms with van der Waals surface area (Å²) >= 11 is 12.3. The number of halogens is 2. The number of hydrogen-bond acceptors (Lipinski definition) is 5. The maximum Gasteiger partial charge on any atom is 0.0976 e. The summed E-state index contributed by atoms with van der Waals surface area (Å²) in [5.74, 6) is 0. The van der Waals surface area contributed by atoms with Crippen molar-refractivity contribution in [2.45, 2.75) is 69.5 Å². The molecule has 0 aromatic carbocycles. The van der Waals surface area contributed by atoms with Crippen molar-refractivity contribution in [3.05, 3.63) is 48.0 Å². The number of nitrogens with one attached hydrogen (secondary N) is 2. The van der Waals surface area contributed by atoms with Crippen molar-refractivity contribution in [1.29, 1.82) is 0 Å². The number of nitrogens with zero attached hydrogens (tertiary/aromatic N) is 2. The third kappa shape index (κ3) is 7.14. The van der Waals surface area contributed by atoms with E-state index in [1.54, 1.807) is 0 Å². The second-order valence-corrected chi connectivity index (χ2v) is 9.21. The van der Waals surface area contributed by atoms with Crippen LogP contribution in [-0.2, 0) is 0 Å². The van der Waals surface area contributed by atoms with Gasteiger partial charge in [0.25, 0.3) is 0 Å². The number of hydrogen-bond donors (Lipinski definition) is 3. The van der Waals surface area contributed by atoms with Crippen LogP contribution in [0.3, 0.4) is 0 Å². The number of unbranched alkanes of at least 4 members (excludes halogenated alkanes) is 1. The molecule has 0 amide bonds. The molecule has 4 N–H and O–H groups in total. The second kappa shape index (κ2) is 12.5. The van der Waals surface area contributed by atoms with E-state index in [9.17, 15) is 0 Å². The van der Waals surface area contributed by atoms with E-state index in [-0.39, 0.29) is 12.1 Å². The van der Waals surface area contributed by atoms with E-state index >= 15 is 0 Å². The molecule has 0 spiro atoms. The summed E-state index contributed by atoms with van der Waals surface area (Å²) in [6, 6.07) is 0.816. The number of nitrogens with two attached hydrogens (primary N) is 1. The summed E-state index contributed by atoms with van der Waals surface area (Å²) < 4.78 is 0. The molecule has 0 aliphatic carbocycles. The molecule has 2 saturated heterocycles. The van der Waals surface area contributed by atoms with Gasteiger partial charge in [-0.15, -0.1) is 0 Å². The summed E-state index contributed by atoms with van der Waals surface area (Å²) in [7, 11) is 0. The van der Waals surface area contributed by atoms with Gasteiger partial charge in [0.15, 0.2) is 0 Å². The number of likely N-dealkylation sites (tertiary alicyclic amines) is 2. The van der Waals surface area contributed by atoms with E-state index in [2.05, 4.69) is 46.7 Å². The van der Waals surface area contributed by atoms with Crippen LogP contribution in [0, 0.1) is 0 Å². The maximum absolute atomic E-state index is 6.19.